The van der Waals surface area contributed by atoms with Gasteiger partial charge in [-0.15, -0.1) is 0 Å². The zero-order valence-electron chi connectivity index (χ0n) is 25.4. The lowest BCUT2D eigenvalue weighted by Crippen LogP contribution is -2.47. The van der Waals surface area contributed by atoms with E-state index in [1.54, 1.807) is 30.3 Å². The van der Waals surface area contributed by atoms with Crippen molar-refractivity contribution in [1.82, 2.24) is 19.6 Å². The molecule has 1 aliphatic heterocycles. The molecule has 8 heteroatoms. The van der Waals surface area contributed by atoms with Gasteiger partial charge in [0.15, 0.2) is 5.69 Å². The number of nitrogens with one attached hydrogen (secondary N) is 1. The van der Waals surface area contributed by atoms with Crippen molar-refractivity contribution >= 4 is 28.9 Å². The second kappa shape index (κ2) is 14.1. The van der Waals surface area contributed by atoms with Gasteiger partial charge in [-0.25, -0.2) is 4.68 Å². The van der Waals surface area contributed by atoms with Gasteiger partial charge in [0.2, 0.25) is 0 Å². The Morgan fingerprint density at radius 3 is 2.26 bits per heavy atom. The normalized spacial score (nSPS) is 15.5. The van der Waals surface area contributed by atoms with E-state index in [4.69, 9.17) is 5.73 Å². The summed E-state index contributed by atoms with van der Waals surface area (Å²) >= 11 is 0. The van der Waals surface area contributed by atoms with Crippen LogP contribution < -0.4 is 11.1 Å². The molecule has 2 aromatic carbocycles. The average molecular weight is 569 g/mol. The van der Waals surface area contributed by atoms with Crippen LogP contribution in [-0.4, -0.2) is 64.6 Å². The minimum absolute atomic E-state index is 0.0124. The number of carbonyl (C=O) groups excluding carboxylic acids is 2. The fourth-order valence-electron chi connectivity index (χ4n) is 4.66. The highest BCUT2D eigenvalue weighted by Crippen LogP contribution is 2.27. The first kappa shape index (κ1) is 30.8. The lowest BCUT2D eigenvalue weighted by molar-refractivity contribution is 0.0664. The quantitative estimate of drug-likeness (QED) is 0.262. The fourth-order valence-corrected chi connectivity index (χ4v) is 4.66. The minimum Gasteiger partial charge on any atom is -0.399 e. The molecule has 1 aromatic heterocycles. The number of aryl methyl sites for hydroxylation is 2. The fraction of sp³-hybridized carbons (Fsp3) is 0.382. The maximum Gasteiger partial charge on any atom is 0.276 e. The van der Waals surface area contributed by atoms with Crippen LogP contribution in [0.5, 0.6) is 0 Å². The van der Waals surface area contributed by atoms with Crippen molar-refractivity contribution in [2.45, 2.75) is 46.5 Å². The molecule has 0 spiro atoms. The summed E-state index contributed by atoms with van der Waals surface area (Å²) < 4.78 is 1.81. The highest BCUT2D eigenvalue weighted by Gasteiger charge is 2.21. The van der Waals surface area contributed by atoms with Crippen LogP contribution >= 0.6 is 0 Å². The van der Waals surface area contributed by atoms with Crippen LogP contribution in [0.2, 0.25) is 0 Å². The van der Waals surface area contributed by atoms with E-state index in [1.807, 2.05) is 46.8 Å². The molecule has 1 aliphatic carbocycles. The van der Waals surface area contributed by atoms with E-state index in [0.29, 0.717) is 16.9 Å². The first-order valence-corrected chi connectivity index (χ1v) is 14.9. The number of aromatic nitrogens is 2. The van der Waals surface area contributed by atoms with Gasteiger partial charge in [-0.2, -0.15) is 5.10 Å². The molecule has 2 amide bonds. The van der Waals surface area contributed by atoms with E-state index in [-0.39, 0.29) is 11.8 Å². The van der Waals surface area contributed by atoms with E-state index in [9.17, 15) is 9.59 Å². The van der Waals surface area contributed by atoms with E-state index in [2.05, 4.69) is 42.8 Å². The summed E-state index contributed by atoms with van der Waals surface area (Å²) in [5.41, 5.74) is 11.9. The van der Waals surface area contributed by atoms with Gasteiger partial charge < -0.3 is 20.9 Å². The number of carbonyl (C=O) groups is 2. The minimum atomic E-state index is -0.314. The molecular formula is C34H44N6O2. The molecule has 222 valence electrons. The third-order valence-electron chi connectivity index (χ3n) is 7.64. The molecule has 2 aliphatic rings. The molecule has 8 nitrogen and oxygen atoms in total. The number of piperazine rings is 1. The molecule has 42 heavy (non-hydrogen) atoms. The Balaban J connectivity index is 0.000000932. The molecular weight excluding hydrogens is 524 g/mol. The van der Waals surface area contributed by atoms with Crippen molar-refractivity contribution in [2.24, 2.45) is 5.92 Å². The largest absolute Gasteiger partial charge is 0.399 e. The van der Waals surface area contributed by atoms with Gasteiger partial charge in [0.05, 0.1) is 5.70 Å². The highest BCUT2D eigenvalue weighted by molar-refractivity contribution is 6.03. The van der Waals surface area contributed by atoms with Crippen LogP contribution in [0.4, 0.5) is 11.4 Å². The number of hydrogen-bond donors (Lipinski definition) is 2. The Morgan fingerprint density at radius 2 is 1.69 bits per heavy atom. The molecule has 3 aromatic rings. The van der Waals surface area contributed by atoms with E-state index in [0.717, 1.165) is 73.1 Å². The van der Waals surface area contributed by atoms with Crippen LogP contribution in [0.3, 0.4) is 0 Å². The maximum atomic E-state index is 13.2. The zero-order chi connectivity index (χ0) is 30.2. The number of anilines is 2. The van der Waals surface area contributed by atoms with Gasteiger partial charge in [0, 0.05) is 54.4 Å². The molecule has 0 atom stereocenters. The van der Waals surface area contributed by atoms with E-state index in [1.165, 1.54) is 12.8 Å². The van der Waals surface area contributed by atoms with Gasteiger partial charge in [-0.1, -0.05) is 51.8 Å². The second-order valence-electron chi connectivity index (χ2n) is 11.4. The van der Waals surface area contributed by atoms with E-state index >= 15 is 0 Å². The van der Waals surface area contributed by atoms with Gasteiger partial charge in [-0.3, -0.25) is 9.59 Å². The first-order valence-electron chi connectivity index (χ1n) is 14.9. The predicted octanol–water partition coefficient (Wildman–Crippen LogP) is 5.86. The topological polar surface area (TPSA) is 96.5 Å². The lowest BCUT2D eigenvalue weighted by Gasteiger charge is -2.32. The summed E-state index contributed by atoms with van der Waals surface area (Å²) in [5.74, 6) is 0.782. The summed E-state index contributed by atoms with van der Waals surface area (Å²) in [5, 5.41) is 7.60. The van der Waals surface area contributed by atoms with E-state index < -0.39 is 0 Å². The summed E-state index contributed by atoms with van der Waals surface area (Å²) in [4.78, 5) is 30.1. The molecule has 0 unspecified atom stereocenters. The van der Waals surface area contributed by atoms with Gasteiger partial charge in [0.1, 0.15) is 0 Å². The Kier molecular flexibility index (Phi) is 10.4. The summed E-state index contributed by atoms with van der Waals surface area (Å²) in [6.07, 6.45) is 8.22. The molecule has 3 N–H and O–H groups in total. The molecule has 5 rings (SSSR count). The summed E-state index contributed by atoms with van der Waals surface area (Å²) in [7, 11) is 2.06. The number of benzene rings is 2. The number of nitrogens with zero attached hydrogens (tertiary/aromatic N) is 4. The van der Waals surface area contributed by atoms with Gasteiger partial charge in [-0.05, 0) is 80.4 Å². The van der Waals surface area contributed by atoms with Crippen molar-refractivity contribution in [3.05, 3.63) is 95.3 Å². The van der Waals surface area contributed by atoms with Crippen LogP contribution in [0, 0.1) is 12.8 Å². The molecule has 2 heterocycles. The monoisotopic (exact) mass is 568 g/mol. The van der Waals surface area contributed by atoms with Crippen molar-refractivity contribution < 1.29 is 9.59 Å². The Labute approximate surface area is 249 Å². The molecule has 1 saturated carbocycles. The van der Waals surface area contributed by atoms with Crippen LogP contribution in [-0.2, 0) is 6.42 Å². The van der Waals surface area contributed by atoms with Crippen molar-refractivity contribution in [3.8, 4) is 0 Å². The lowest BCUT2D eigenvalue weighted by atomic mass is 10.1. The second-order valence-corrected chi connectivity index (χ2v) is 11.4. The van der Waals surface area contributed by atoms with Gasteiger partial charge in [0.25, 0.3) is 11.8 Å². The Morgan fingerprint density at radius 1 is 1.05 bits per heavy atom. The highest BCUT2D eigenvalue weighted by atomic mass is 16.2. The number of amides is 2. The van der Waals surface area contributed by atoms with Gasteiger partial charge >= 0.3 is 0 Å². The van der Waals surface area contributed by atoms with Crippen LogP contribution in [0.25, 0.3) is 5.70 Å². The number of likely N-dealkylation sites (N-methyl/N-ethyl adjacent to an activating group) is 1. The van der Waals surface area contributed by atoms with Crippen molar-refractivity contribution in [1.29, 1.82) is 0 Å². The number of rotatable bonds is 8. The summed E-state index contributed by atoms with van der Waals surface area (Å²) in [6.45, 7) is 13.4. The Bertz CT molecular complexity index is 1430. The van der Waals surface area contributed by atoms with Crippen LogP contribution in [0.15, 0.2) is 67.3 Å². The smallest absolute Gasteiger partial charge is 0.276 e. The van der Waals surface area contributed by atoms with Crippen LogP contribution in [0.1, 0.15) is 70.8 Å². The summed E-state index contributed by atoms with van der Waals surface area (Å²) in [6, 6.07) is 14.7. The number of allylic oxidation sites excluding steroid dienone is 2. The predicted molar refractivity (Wildman–Crippen MR) is 172 cm³/mol. The van der Waals surface area contributed by atoms with Crippen molar-refractivity contribution in [3.63, 3.8) is 0 Å². The average Bonchev–Trinajstić information content (AvgIpc) is 3.66. The molecule has 0 bridgehead atoms. The molecule has 2 fully saturated rings. The third kappa shape index (κ3) is 7.97. The third-order valence-corrected chi connectivity index (χ3v) is 7.64. The zero-order valence-corrected chi connectivity index (χ0v) is 25.4. The standard InChI is InChI=1S/C30H36N6O2.C4H8/c1-5-7-25-20-27(33-36(25)28(8-6-2)23-11-14-26(31)21(3)19-23)29(37)32-24-12-9-22(10-13-24)30(38)35-17-15-34(4)16-18-35;1-4-2-3-4/h6,8-14,19-20H,2,5,7,15-18,31H2,1,3-4H3,(H,32,37);4H,2-3H2,1H3/b28-8-;. The maximum absolute atomic E-state index is 13.2. The Hall–Kier alpha value is -4.17. The first-order chi connectivity index (χ1) is 20.2. The van der Waals surface area contributed by atoms with Crippen molar-refractivity contribution in [2.75, 3.05) is 44.3 Å². The SMILES string of the molecule is C=C/C=C(/c1ccc(N)c(C)c1)n1nc(C(=O)Nc2ccc(C(=O)N3CCN(C)CC3)cc2)cc1CCC.CC1CC1. The number of nitrogen functional groups attached to an aromatic ring is 1. The number of nitrogens with two attached hydrogens (primary N) is 1. The molecule has 0 radical (unpaired) electrons. The number of hydrogen-bond acceptors (Lipinski definition) is 5. The molecule has 1 saturated heterocycles.